The maximum atomic E-state index is 5.68. The van der Waals surface area contributed by atoms with Crippen LogP contribution in [0.15, 0.2) is 0 Å². The van der Waals surface area contributed by atoms with Crippen LogP contribution in [0.3, 0.4) is 0 Å². The standard InChI is InChI=1S/C12H26N2S/c1-3-6-10(2)9-11(14-13)12-7-4-5-8-15-12/h10-12,14H,3-9,13H2,1-2H3. The molecule has 1 fully saturated rings. The van der Waals surface area contributed by atoms with Crippen molar-refractivity contribution in [2.24, 2.45) is 11.8 Å². The first-order chi connectivity index (χ1) is 7.27. The molecule has 1 aliphatic heterocycles. The Bertz CT molecular complexity index is 158. The van der Waals surface area contributed by atoms with E-state index >= 15 is 0 Å². The Kier molecular flexibility index (Phi) is 6.69. The smallest absolute Gasteiger partial charge is 0.0331 e. The van der Waals surface area contributed by atoms with Gasteiger partial charge in [-0.1, -0.05) is 33.1 Å². The van der Waals surface area contributed by atoms with E-state index in [9.17, 15) is 0 Å². The van der Waals surface area contributed by atoms with Crippen molar-refractivity contribution in [3.8, 4) is 0 Å². The average Bonchev–Trinajstić information content (AvgIpc) is 2.27. The first-order valence-corrected chi connectivity index (χ1v) is 7.40. The van der Waals surface area contributed by atoms with E-state index < -0.39 is 0 Å². The van der Waals surface area contributed by atoms with Gasteiger partial charge in [0.25, 0.3) is 0 Å². The van der Waals surface area contributed by atoms with Gasteiger partial charge < -0.3 is 0 Å². The van der Waals surface area contributed by atoms with Gasteiger partial charge in [0, 0.05) is 11.3 Å². The molecule has 90 valence electrons. The van der Waals surface area contributed by atoms with Crippen molar-refractivity contribution >= 4 is 11.8 Å². The molecule has 1 rings (SSSR count). The van der Waals surface area contributed by atoms with Crippen LogP contribution in [0.1, 0.15) is 52.4 Å². The minimum atomic E-state index is 0.525. The number of thioether (sulfide) groups is 1. The van der Waals surface area contributed by atoms with E-state index in [4.69, 9.17) is 5.84 Å². The monoisotopic (exact) mass is 230 g/mol. The van der Waals surface area contributed by atoms with Crippen LogP contribution in [0.2, 0.25) is 0 Å². The van der Waals surface area contributed by atoms with Crippen LogP contribution < -0.4 is 11.3 Å². The van der Waals surface area contributed by atoms with Crippen LogP contribution >= 0.6 is 11.8 Å². The lowest BCUT2D eigenvalue weighted by atomic mass is 9.94. The summed E-state index contributed by atoms with van der Waals surface area (Å²) < 4.78 is 0. The minimum Gasteiger partial charge on any atom is -0.271 e. The van der Waals surface area contributed by atoms with Crippen molar-refractivity contribution in [2.75, 3.05) is 5.75 Å². The van der Waals surface area contributed by atoms with Gasteiger partial charge in [-0.15, -0.1) is 0 Å². The van der Waals surface area contributed by atoms with Crippen LogP contribution in [0.25, 0.3) is 0 Å². The Morgan fingerprint density at radius 3 is 2.80 bits per heavy atom. The first kappa shape index (κ1) is 13.3. The highest BCUT2D eigenvalue weighted by molar-refractivity contribution is 8.00. The Labute approximate surface area is 98.7 Å². The van der Waals surface area contributed by atoms with Crippen LogP contribution in [0.5, 0.6) is 0 Å². The quantitative estimate of drug-likeness (QED) is 0.544. The highest BCUT2D eigenvalue weighted by Gasteiger charge is 2.24. The van der Waals surface area contributed by atoms with Gasteiger partial charge in [-0.2, -0.15) is 11.8 Å². The van der Waals surface area contributed by atoms with Gasteiger partial charge in [0.1, 0.15) is 0 Å². The number of rotatable bonds is 6. The van der Waals surface area contributed by atoms with E-state index in [-0.39, 0.29) is 0 Å². The normalized spacial score (nSPS) is 26.2. The highest BCUT2D eigenvalue weighted by atomic mass is 32.2. The largest absolute Gasteiger partial charge is 0.271 e. The molecule has 0 aromatic heterocycles. The molecule has 0 radical (unpaired) electrons. The van der Waals surface area contributed by atoms with Crippen LogP contribution in [0.4, 0.5) is 0 Å². The van der Waals surface area contributed by atoms with Gasteiger partial charge in [0.2, 0.25) is 0 Å². The van der Waals surface area contributed by atoms with Crippen molar-refractivity contribution < 1.29 is 0 Å². The van der Waals surface area contributed by atoms with Gasteiger partial charge in [-0.05, 0) is 30.9 Å². The van der Waals surface area contributed by atoms with E-state index in [0.29, 0.717) is 6.04 Å². The summed E-state index contributed by atoms with van der Waals surface area (Å²) in [5.41, 5.74) is 3.04. The third-order valence-corrected chi connectivity index (χ3v) is 4.83. The molecule has 3 atom stereocenters. The second-order valence-electron chi connectivity index (χ2n) is 4.81. The second-order valence-corrected chi connectivity index (χ2v) is 6.15. The van der Waals surface area contributed by atoms with Crippen molar-refractivity contribution in [1.82, 2.24) is 5.43 Å². The Morgan fingerprint density at radius 1 is 1.47 bits per heavy atom. The molecule has 0 bridgehead atoms. The summed E-state index contributed by atoms with van der Waals surface area (Å²) in [5.74, 6) is 7.81. The lowest BCUT2D eigenvalue weighted by molar-refractivity contribution is 0.367. The summed E-state index contributed by atoms with van der Waals surface area (Å²) in [4.78, 5) is 0. The van der Waals surface area contributed by atoms with E-state index in [1.807, 2.05) is 0 Å². The molecule has 3 heteroatoms. The van der Waals surface area contributed by atoms with E-state index in [2.05, 4.69) is 31.0 Å². The number of hydrogen-bond donors (Lipinski definition) is 2. The first-order valence-electron chi connectivity index (χ1n) is 6.35. The van der Waals surface area contributed by atoms with Gasteiger partial charge in [-0.25, -0.2) is 0 Å². The Balaban J connectivity index is 2.32. The van der Waals surface area contributed by atoms with Crippen LogP contribution in [-0.2, 0) is 0 Å². The molecule has 1 heterocycles. The van der Waals surface area contributed by atoms with Crippen LogP contribution in [-0.4, -0.2) is 17.0 Å². The molecule has 0 aliphatic carbocycles. The SMILES string of the molecule is CCCC(C)CC(NN)C1CCCCS1. The number of nitrogens with two attached hydrogens (primary N) is 1. The summed E-state index contributed by atoms with van der Waals surface area (Å²) in [7, 11) is 0. The number of nitrogens with one attached hydrogen (secondary N) is 1. The van der Waals surface area contributed by atoms with Crippen molar-refractivity contribution in [3.05, 3.63) is 0 Å². The molecule has 0 aromatic carbocycles. The zero-order valence-electron chi connectivity index (χ0n) is 10.2. The maximum absolute atomic E-state index is 5.68. The topological polar surface area (TPSA) is 38.0 Å². The van der Waals surface area contributed by atoms with E-state index in [1.165, 1.54) is 44.3 Å². The minimum absolute atomic E-state index is 0.525. The molecule has 1 saturated heterocycles. The molecule has 3 unspecified atom stereocenters. The molecule has 15 heavy (non-hydrogen) atoms. The van der Waals surface area contributed by atoms with Crippen LogP contribution in [0, 0.1) is 5.92 Å². The summed E-state index contributed by atoms with van der Waals surface area (Å²) in [6, 6.07) is 0.525. The molecule has 1 aliphatic rings. The molecule has 0 spiro atoms. The van der Waals surface area contributed by atoms with Crippen molar-refractivity contribution in [2.45, 2.75) is 63.7 Å². The van der Waals surface area contributed by atoms with Gasteiger partial charge in [-0.3, -0.25) is 11.3 Å². The zero-order chi connectivity index (χ0) is 11.1. The number of hydrazine groups is 1. The highest BCUT2D eigenvalue weighted by Crippen LogP contribution is 2.30. The molecule has 0 amide bonds. The molecule has 0 saturated carbocycles. The van der Waals surface area contributed by atoms with E-state index in [0.717, 1.165) is 11.2 Å². The predicted octanol–water partition coefficient (Wildman–Crippen LogP) is 2.93. The Hall–Kier alpha value is 0.270. The summed E-state index contributed by atoms with van der Waals surface area (Å²) >= 11 is 2.11. The zero-order valence-corrected chi connectivity index (χ0v) is 11.0. The third-order valence-electron chi connectivity index (χ3n) is 3.32. The molecular weight excluding hydrogens is 204 g/mol. The molecule has 3 N–H and O–H groups in total. The predicted molar refractivity (Wildman–Crippen MR) is 69.9 cm³/mol. The maximum Gasteiger partial charge on any atom is 0.0331 e. The van der Waals surface area contributed by atoms with Gasteiger partial charge in [0.15, 0.2) is 0 Å². The van der Waals surface area contributed by atoms with Crippen molar-refractivity contribution in [1.29, 1.82) is 0 Å². The fourth-order valence-electron chi connectivity index (χ4n) is 2.45. The molecular formula is C12H26N2S. The molecule has 2 nitrogen and oxygen atoms in total. The fraction of sp³-hybridized carbons (Fsp3) is 1.00. The summed E-state index contributed by atoms with van der Waals surface area (Å²) in [6.07, 6.45) is 7.98. The fourth-order valence-corrected chi connectivity index (χ4v) is 3.88. The lowest BCUT2D eigenvalue weighted by Crippen LogP contribution is -2.44. The molecule has 0 aromatic rings. The van der Waals surface area contributed by atoms with Crippen molar-refractivity contribution in [3.63, 3.8) is 0 Å². The Morgan fingerprint density at radius 2 is 2.27 bits per heavy atom. The van der Waals surface area contributed by atoms with E-state index in [1.54, 1.807) is 0 Å². The second kappa shape index (κ2) is 7.53. The number of hydrogen-bond acceptors (Lipinski definition) is 3. The average molecular weight is 230 g/mol. The summed E-state index contributed by atoms with van der Waals surface area (Å²) in [6.45, 7) is 4.61. The summed E-state index contributed by atoms with van der Waals surface area (Å²) in [5, 5.41) is 0.753. The lowest BCUT2D eigenvalue weighted by Gasteiger charge is -2.31. The third kappa shape index (κ3) is 4.75. The van der Waals surface area contributed by atoms with Gasteiger partial charge in [0.05, 0.1) is 0 Å². The van der Waals surface area contributed by atoms with Gasteiger partial charge >= 0.3 is 0 Å².